The molecule has 0 aliphatic carbocycles. The number of hydrogen-bond acceptors (Lipinski definition) is 2. The van der Waals surface area contributed by atoms with Crippen LogP contribution >= 0.6 is 12.6 Å². The largest absolute Gasteiger partial charge is 0.269 e. The Bertz CT molecular complexity index is 263. The van der Waals surface area contributed by atoms with Crippen molar-refractivity contribution in [2.75, 3.05) is 0 Å². The number of rotatable bonds is 2. The summed E-state index contributed by atoms with van der Waals surface area (Å²) in [5.74, 6) is 0. The molecule has 0 amide bonds. The molecule has 3 heteroatoms. The molecule has 0 saturated heterocycles. The van der Waals surface area contributed by atoms with Gasteiger partial charge in [0.1, 0.15) is 0 Å². The molecule has 0 saturated carbocycles. The van der Waals surface area contributed by atoms with Gasteiger partial charge in [-0.1, -0.05) is 6.58 Å². The third-order valence-corrected chi connectivity index (χ3v) is 1.81. The highest BCUT2D eigenvalue weighted by molar-refractivity contribution is 7.80. The van der Waals surface area contributed by atoms with Crippen LogP contribution < -0.4 is 0 Å². The molecule has 0 N–H and O–H groups in total. The van der Waals surface area contributed by atoms with Crippen molar-refractivity contribution in [1.82, 2.24) is 9.78 Å². The van der Waals surface area contributed by atoms with Gasteiger partial charge in [-0.25, -0.2) is 0 Å². The van der Waals surface area contributed by atoms with E-state index < -0.39 is 0 Å². The highest BCUT2D eigenvalue weighted by Crippen LogP contribution is 2.15. The zero-order valence-electron chi connectivity index (χ0n) is 6.78. The van der Waals surface area contributed by atoms with Gasteiger partial charge in [0.2, 0.25) is 0 Å². The van der Waals surface area contributed by atoms with E-state index in [4.69, 9.17) is 0 Å². The lowest BCUT2D eigenvalue weighted by atomic mass is 10.4. The normalized spacial score (nSPS) is 10.5. The van der Waals surface area contributed by atoms with Gasteiger partial charge in [-0.15, -0.1) is 12.6 Å². The second-order valence-corrected chi connectivity index (χ2v) is 3.16. The molecule has 0 aliphatic rings. The minimum atomic E-state index is 0.384. The molecule has 0 aliphatic heterocycles. The van der Waals surface area contributed by atoms with Gasteiger partial charge in [0, 0.05) is 17.1 Å². The van der Waals surface area contributed by atoms with E-state index in [1.807, 2.05) is 10.9 Å². The van der Waals surface area contributed by atoms with Crippen molar-refractivity contribution in [3.05, 3.63) is 18.5 Å². The van der Waals surface area contributed by atoms with E-state index >= 15 is 0 Å². The van der Waals surface area contributed by atoms with Gasteiger partial charge in [-0.3, -0.25) is 4.68 Å². The first-order chi connectivity index (χ1) is 5.15. The molecule has 11 heavy (non-hydrogen) atoms. The van der Waals surface area contributed by atoms with Crippen LogP contribution in [0, 0.1) is 0 Å². The van der Waals surface area contributed by atoms with Crippen molar-refractivity contribution in [2.45, 2.75) is 24.8 Å². The van der Waals surface area contributed by atoms with Crippen molar-refractivity contribution in [3.63, 3.8) is 0 Å². The maximum absolute atomic E-state index is 4.25. The Morgan fingerprint density at radius 2 is 2.36 bits per heavy atom. The first-order valence-corrected chi connectivity index (χ1v) is 4.00. The van der Waals surface area contributed by atoms with Crippen LogP contribution in [0.25, 0.3) is 6.08 Å². The predicted molar refractivity (Wildman–Crippen MR) is 50.0 cm³/mol. The standard InChI is InChI=1S/C8H12N2S/c1-4-7-8(11)5-10(9-7)6(2)3/h4-6,11H,1H2,2-3H3. The summed E-state index contributed by atoms with van der Waals surface area (Å²) in [6.07, 6.45) is 3.62. The number of thiol groups is 1. The second kappa shape index (κ2) is 3.13. The van der Waals surface area contributed by atoms with Crippen LogP contribution in [0.3, 0.4) is 0 Å². The molecule has 1 rings (SSSR count). The van der Waals surface area contributed by atoms with Crippen LogP contribution in [0.5, 0.6) is 0 Å². The van der Waals surface area contributed by atoms with Gasteiger partial charge in [0.05, 0.1) is 5.69 Å². The van der Waals surface area contributed by atoms with Crippen molar-refractivity contribution >= 4 is 18.7 Å². The van der Waals surface area contributed by atoms with Crippen LogP contribution in [0.2, 0.25) is 0 Å². The minimum Gasteiger partial charge on any atom is -0.269 e. The van der Waals surface area contributed by atoms with E-state index in [2.05, 4.69) is 38.2 Å². The summed E-state index contributed by atoms with van der Waals surface area (Å²) in [5, 5.41) is 4.25. The van der Waals surface area contributed by atoms with Crippen LogP contribution in [-0.2, 0) is 0 Å². The molecule has 0 atom stereocenters. The number of nitrogens with zero attached hydrogens (tertiary/aromatic N) is 2. The smallest absolute Gasteiger partial charge is 0.0978 e. The summed E-state index contributed by atoms with van der Waals surface area (Å²) >= 11 is 4.24. The van der Waals surface area contributed by atoms with E-state index in [1.165, 1.54) is 0 Å². The van der Waals surface area contributed by atoms with Gasteiger partial charge in [0.15, 0.2) is 0 Å². The van der Waals surface area contributed by atoms with Gasteiger partial charge in [-0.05, 0) is 19.9 Å². The maximum Gasteiger partial charge on any atom is 0.0978 e. The molecule has 0 spiro atoms. The maximum atomic E-state index is 4.25. The monoisotopic (exact) mass is 168 g/mol. The molecule has 60 valence electrons. The first-order valence-electron chi connectivity index (χ1n) is 3.55. The average molecular weight is 168 g/mol. The Morgan fingerprint density at radius 3 is 2.64 bits per heavy atom. The molecule has 1 aromatic heterocycles. The molecule has 1 heterocycles. The summed E-state index contributed by atoms with van der Waals surface area (Å²) in [6, 6.07) is 0.384. The van der Waals surface area contributed by atoms with Crippen LogP contribution in [0.1, 0.15) is 25.6 Å². The highest BCUT2D eigenvalue weighted by atomic mass is 32.1. The summed E-state index contributed by atoms with van der Waals surface area (Å²) < 4.78 is 1.87. The number of aromatic nitrogens is 2. The molecule has 0 fully saturated rings. The van der Waals surface area contributed by atoms with E-state index in [9.17, 15) is 0 Å². The van der Waals surface area contributed by atoms with Gasteiger partial charge in [-0.2, -0.15) is 5.10 Å². The topological polar surface area (TPSA) is 17.8 Å². The third kappa shape index (κ3) is 1.66. The summed E-state index contributed by atoms with van der Waals surface area (Å²) in [4.78, 5) is 0.883. The lowest BCUT2D eigenvalue weighted by molar-refractivity contribution is 0.531. The summed E-state index contributed by atoms with van der Waals surface area (Å²) in [6.45, 7) is 7.79. The lowest BCUT2D eigenvalue weighted by Crippen LogP contribution is -2.00. The average Bonchev–Trinajstić information content (AvgIpc) is 2.31. The van der Waals surface area contributed by atoms with Crippen LogP contribution in [-0.4, -0.2) is 9.78 Å². The first kappa shape index (κ1) is 8.40. The SMILES string of the molecule is C=Cc1nn(C(C)C)cc1S. The van der Waals surface area contributed by atoms with Gasteiger partial charge >= 0.3 is 0 Å². The molecule has 0 aromatic carbocycles. The molecule has 1 aromatic rings. The van der Waals surface area contributed by atoms with E-state index in [0.29, 0.717) is 6.04 Å². The zero-order valence-corrected chi connectivity index (χ0v) is 7.68. The van der Waals surface area contributed by atoms with Gasteiger partial charge < -0.3 is 0 Å². The highest BCUT2D eigenvalue weighted by Gasteiger charge is 2.03. The van der Waals surface area contributed by atoms with Crippen molar-refractivity contribution in [1.29, 1.82) is 0 Å². The summed E-state index contributed by atoms with van der Waals surface area (Å²) in [7, 11) is 0. The molecule has 0 bridgehead atoms. The minimum absolute atomic E-state index is 0.384. The van der Waals surface area contributed by atoms with Crippen molar-refractivity contribution in [3.8, 4) is 0 Å². The molecule has 0 radical (unpaired) electrons. The Hall–Kier alpha value is -0.700. The second-order valence-electron chi connectivity index (χ2n) is 2.68. The zero-order chi connectivity index (χ0) is 8.43. The fourth-order valence-corrected chi connectivity index (χ4v) is 1.06. The van der Waals surface area contributed by atoms with Gasteiger partial charge in [0.25, 0.3) is 0 Å². The Morgan fingerprint density at radius 1 is 1.73 bits per heavy atom. The molecular formula is C8H12N2S. The van der Waals surface area contributed by atoms with Crippen LogP contribution in [0.15, 0.2) is 17.7 Å². The number of hydrogen-bond donors (Lipinski definition) is 1. The predicted octanol–water partition coefficient (Wildman–Crippen LogP) is 2.40. The van der Waals surface area contributed by atoms with E-state index in [-0.39, 0.29) is 0 Å². The van der Waals surface area contributed by atoms with Crippen molar-refractivity contribution < 1.29 is 0 Å². The summed E-state index contributed by atoms with van der Waals surface area (Å²) in [5.41, 5.74) is 0.849. The lowest BCUT2D eigenvalue weighted by Gasteiger charge is -2.02. The molecule has 0 unspecified atom stereocenters. The Labute approximate surface area is 72.3 Å². The fourth-order valence-electron chi connectivity index (χ4n) is 0.806. The van der Waals surface area contributed by atoms with E-state index in [0.717, 1.165) is 10.6 Å². The fraction of sp³-hybridized carbons (Fsp3) is 0.375. The molecule has 2 nitrogen and oxygen atoms in total. The van der Waals surface area contributed by atoms with E-state index in [1.54, 1.807) is 6.08 Å². The van der Waals surface area contributed by atoms with Crippen molar-refractivity contribution in [2.24, 2.45) is 0 Å². The third-order valence-electron chi connectivity index (χ3n) is 1.46. The van der Waals surface area contributed by atoms with Crippen LogP contribution in [0.4, 0.5) is 0 Å². The Balaban J connectivity index is 3.04. The Kier molecular flexibility index (Phi) is 2.39. The molecular weight excluding hydrogens is 156 g/mol. The quantitative estimate of drug-likeness (QED) is 0.671.